The summed E-state index contributed by atoms with van der Waals surface area (Å²) in [5.41, 5.74) is 3.15. The van der Waals surface area contributed by atoms with E-state index in [2.05, 4.69) is 17.0 Å². The molecule has 1 aromatic carbocycles. The van der Waals surface area contributed by atoms with Crippen LogP contribution in [0.3, 0.4) is 0 Å². The lowest BCUT2D eigenvalue weighted by Gasteiger charge is -2.06. The number of carbonyl (C=O) groups is 1. The third-order valence-electron chi connectivity index (χ3n) is 2.71. The second kappa shape index (κ2) is 4.87. The van der Waals surface area contributed by atoms with Gasteiger partial charge in [0.15, 0.2) is 0 Å². The minimum absolute atomic E-state index is 0.186. The van der Waals surface area contributed by atoms with Crippen molar-refractivity contribution in [3.05, 3.63) is 53.9 Å². The molecule has 4 nitrogen and oxygen atoms in total. The van der Waals surface area contributed by atoms with Gasteiger partial charge in [-0.1, -0.05) is 30.4 Å². The van der Waals surface area contributed by atoms with Gasteiger partial charge in [0.05, 0.1) is 6.20 Å². The van der Waals surface area contributed by atoms with E-state index < -0.39 is 0 Å². The van der Waals surface area contributed by atoms with E-state index in [0.29, 0.717) is 5.69 Å². The summed E-state index contributed by atoms with van der Waals surface area (Å²) < 4.78 is 1.54. The van der Waals surface area contributed by atoms with Crippen LogP contribution in [0.25, 0.3) is 6.08 Å². The van der Waals surface area contributed by atoms with Crippen LogP contribution in [0.4, 0.5) is 5.69 Å². The van der Waals surface area contributed by atoms with Crippen LogP contribution >= 0.6 is 0 Å². The molecule has 18 heavy (non-hydrogen) atoms. The van der Waals surface area contributed by atoms with Crippen LogP contribution in [0.5, 0.6) is 0 Å². The molecule has 0 fully saturated rings. The molecule has 4 heteroatoms. The van der Waals surface area contributed by atoms with E-state index in [9.17, 15) is 4.79 Å². The topological polar surface area (TPSA) is 46.9 Å². The summed E-state index contributed by atoms with van der Waals surface area (Å²) in [6, 6.07) is 7.65. The van der Waals surface area contributed by atoms with Gasteiger partial charge in [-0.25, -0.2) is 0 Å². The molecular formula is C14H15N3O. The first-order valence-electron chi connectivity index (χ1n) is 5.64. The molecule has 0 bridgehead atoms. The number of aryl methyl sites for hydroxylation is 2. The molecule has 92 valence electrons. The molecule has 0 saturated heterocycles. The van der Waals surface area contributed by atoms with Gasteiger partial charge < -0.3 is 5.32 Å². The fourth-order valence-electron chi connectivity index (χ4n) is 1.71. The number of amides is 1. The zero-order valence-electron chi connectivity index (χ0n) is 10.5. The highest BCUT2D eigenvalue weighted by atomic mass is 16.2. The molecule has 0 spiro atoms. The molecule has 0 saturated carbocycles. The van der Waals surface area contributed by atoms with E-state index in [1.54, 1.807) is 24.0 Å². The minimum atomic E-state index is -0.186. The maximum atomic E-state index is 12.1. The van der Waals surface area contributed by atoms with Crippen molar-refractivity contribution >= 4 is 17.7 Å². The van der Waals surface area contributed by atoms with Crippen LogP contribution in [0, 0.1) is 6.92 Å². The first-order chi connectivity index (χ1) is 8.61. The maximum Gasteiger partial charge on any atom is 0.274 e. The highest BCUT2D eigenvalue weighted by Gasteiger charge is 2.14. The fraction of sp³-hybridized carbons (Fsp3) is 0.143. The van der Waals surface area contributed by atoms with Gasteiger partial charge in [-0.15, -0.1) is 0 Å². The Morgan fingerprint density at radius 2 is 2.06 bits per heavy atom. The first kappa shape index (κ1) is 12.1. The molecule has 0 radical (unpaired) electrons. The van der Waals surface area contributed by atoms with E-state index in [-0.39, 0.29) is 5.91 Å². The first-order valence-corrected chi connectivity index (χ1v) is 5.64. The maximum absolute atomic E-state index is 12.1. The van der Waals surface area contributed by atoms with Crippen LogP contribution in [-0.2, 0) is 7.05 Å². The van der Waals surface area contributed by atoms with Crippen molar-refractivity contribution in [3.8, 4) is 0 Å². The van der Waals surface area contributed by atoms with Crippen LogP contribution in [0.15, 0.2) is 37.0 Å². The third kappa shape index (κ3) is 2.32. The van der Waals surface area contributed by atoms with Crippen LogP contribution in [0.1, 0.15) is 21.6 Å². The molecule has 0 aliphatic rings. The van der Waals surface area contributed by atoms with Gasteiger partial charge in [-0.2, -0.15) is 5.10 Å². The number of nitrogens with one attached hydrogen (secondary N) is 1. The summed E-state index contributed by atoms with van der Waals surface area (Å²) in [6.45, 7) is 5.68. The van der Waals surface area contributed by atoms with Gasteiger partial charge in [0.1, 0.15) is 5.69 Å². The smallest absolute Gasteiger partial charge is 0.274 e. The number of anilines is 1. The summed E-state index contributed by atoms with van der Waals surface area (Å²) in [6.07, 6.45) is 3.24. The molecule has 1 aromatic heterocycles. The van der Waals surface area contributed by atoms with Crippen LogP contribution in [0.2, 0.25) is 0 Å². The number of hydrogen-bond acceptors (Lipinski definition) is 2. The number of hydrogen-bond donors (Lipinski definition) is 1. The molecule has 1 N–H and O–H groups in total. The monoisotopic (exact) mass is 241 g/mol. The van der Waals surface area contributed by atoms with Crippen molar-refractivity contribution in [1.29, 1.82) is 0 Å². The van der Waals surface area contributed by atoms with Crippen molar-refractivity contribution in [3.63, 3.8) is 0 Å². The quantitative estimate of drug-likeness (QED) is 0.897. The lowest BCUT2D eigenvalue weighted by molar-refractivity contribution is 0.101. The van der Waals surface area contributed by atoms with E-state index >= 15 is 0 Å². The standard InChI is InChI=1S/C14H15N3O/c1-4-11-9-15-17(3)13(11)14(18)16-12-7-5-10(2)6-8-12/h4-9H,1H2,2-3H3,(H,16,18). The Kier molecular flexibility index (Phi) is 3.28. The summed E-state index contributed by atoms with van der Waals surface area (Å²) in [7, 11) is 1.73. The molecule has 0 unspecified atom stereocenters. The summed E-state index contributed by atoms with van der Waals surface area (Å²) in [5, 5.41) is 6.89. The van der Waals surface area contributed by atoms with E-state index in [1.807, 2.05) is 31.2 Å². The molecule has 2 aromatic rings. The van der Waals surface area contributed by atoms with E-state index in [1.165, 1.54) is 0 Å². The third-order valence-corrected chi connectivity index (χ3v) is 2.71. The molecule has 0 aliphatic carbocycles. The Labute approximate surface area is 106 Å². The summed E-state index contributed by atoms with van der Waals surface area (Å²) >= 11 is 0. The van der Waals surface area contributed by atoms with Crippen molar-refractivity contribution < 1.29 is 4.79 Å². The Morgan fingerprint density at radius 3 is 2.67 bits per heavy atom. The SMILES string of the molecule is C=Cc1cnn(C)c1C(=O)Nc1ccc(C)cc1. The number of aromatic nitrogens is 2. The highest BCUT2D eigenvalue weighted by Crippen LogP contribution is 2.13. The number of carbonyl (C=O) groups excluding carboxylic acids is 1. The second-order valence-corrected chi connectivity index (χ2v) is 4.10. The highest BCUT2D eigenvalue weighted by molar-refractivity contribution is 6.05. The fourth-order valence-corrected chi connectivity index (χ4v) is 1.71. The Hall–Kier alpha value is -2.36. The normalized spacial score (nSPS) is 10.1. The predicted octanol–water partition coefficient (Wildman–Crippen LogP) is 2.62. The average Bonchev–Trinajstić information content (AvgIpc) is 2.73. The van der Waals surface area contributed by atoms with Crippen molar-refractivity contribution in [2.24, 2.45) is 7.05 Å². The summed E-state index contributed by atoms with van der Waals surface area (Å²) in [4.78, 5) is 12.1. The molecule has 1 heterocycles. The van der Waals surface area contributed by atoms with Gasteiger partial charge in [0, 0.05) is 18.3 Å². The summed E-state index contributed by atoms with van der Waals surface area (Å²) in [5.74, 6) is -0.186. The average molecular weight is 241 g/mol. The van der Waals surface area contributed by atoms with Gasteiger partial charge in [-0.05, 0) is 19.1 Å². The molecule has 1 amide bonds. The number of rotatable bonds is 3. The van der Waals surface area contributed by atoms with Gasteiger partial charge in [0.25, 0.3) is 5.91 Å². The lowest BCUT2D eigenvalue weighted by atomic mass is 10.2. The largest absolute Gasteiger partial charge is 0.321 e. The van der Waals surface area contributed by atoms with E-state index in [0.717, 1.165) is 16.8 Å². The zero-order chi connectivity index (χ0) is 13.1. The Bertz CT molecular complexity index is 582. The van der Waals surface area contributed by atoms with Gasteiger partial charge in [0.2, 0.25) is 0 Å². The number of benzene rings is 1. The van der Waals surface area contributed by atoms with Crippen molar-refractivity contribution in [2.75, 3.05) is 5.32 Å². The van der Waals surface area contributed by atoms with Crippen molar-refractivity contribution in [1.82, 2.24) is 9.78 Å². The second-order valence-electron chi connectivity index (χ2n) is 4.10. The van der Waals surface area contributed by atoms with Crippen molar-refractivity contribution in [2.45, 2.75) is 6.92 Å². The zero-order valence-corrected chi connectivity index (χ0v) is 10.5. The Morgan fingerprint density at radius 1 is 1.39 bits per heavy atom. The predicted molar refractivity (Wildman–Crippen MR) is 72.4 cm³/mol. The molecular weight excluding hydrogens is 226 g/mol. The van der Waals surface area contributed by atoms with Crippen LogP contribution < -0.4 is 5.32 Å². The van der Waals surface area contributed by atoms with Gasteiger partial charge >= 0.3 is 0 Å². The molecule has 0 aliphatic heterocycles. The van der Waals surface area contributed by atoms with E-state index in [4.69, 9.17) is 0 Å². The van der Waals surface area contributed by atoms with Crippen LogP contribution in [-0.4, -0.2) is 15.7 Å². The molecule has 0 atom stereocenters. The lowest BCUT2D eigenvalue weighted by Crippen LogP contribution is -2.17. The minimum Gasteiger partial charge on any atom is -0.321 e. The molecule has 2 rings (SSSR count). The van der Waals surface area contributed by atoms with Gasteiger partial charge in [-0.3, -0.25) is 9.48 Å². The Balaban J connectivity index is 2.24. The number of nitrogens with zero attached hydrogens (tertiary/aromatic N) is 2.